The minimum absolute atomic E-state index is 0.0632. The normalized spacial score (nSPS) is 13.2. The van der Waals surface area contributed by atoms with E-state index in [-0.39, 0.29) is 5.41 Å². The molecule has 23 heavy (non-hydrogen) atoms. The van der Waals surface area contributed by atoms with Crippen LogP contribution in [-0.4, -0.2) is 0 Å². The number of rotatable bonds is 5. The minimum atomic E-state index is 0.0632. The second-order valence-electron chi connectivity index (χ2n) is 7.64. The van der Waals surface area contributed by atoms with Crippen molar-refractivity contribution in [1.29, 1.82) is 0 Å². The smallest absolute Gasteiger partial charge is 0.131 e. The van der Waals surface area contributed by atoms with Gasteiger partial charge in [-0.2, -0.15) is 0 Å². The van der Waals surface area contributed by atoms with E-state index in [1.807, 2.05) is 6.07 Å². The average Bonchev–Trinajstić information content (AvgIpc) is 2.49. The molecule has 0 spiro atoms. The lowest BCUT2D eigenvalue weighted by molar-refractivity contribution is 0.424. The van der Waals surface area contributed by atoms with Crippen molar-refractivity contribution in [3.8, 4) is 11.5 Å². The fourth-order valence-corrected chi connectivity index (χ4v) is 3.22. The Morgan fingerprint density at radius 2 is 1.43 bits per heavy atom. The van der Waals surface area contributed by atoms with Crippen molar-refractivity contribution in [3.05, 3.63) is 59.7 Å². The molecule has 0 amide bonds. The van der Waals surface area contributed by atoms with Crippen LogP contribution in [0.1, 0.15) is 65.0 Å². The Hall–Kier alpha value is -1.76. The monoisotopic (exact) mass is 310 g/mol. The van der Waals surface area contributed by atoms with Crippen LogP contribution in [0.4, 0.5) is 0 Å². The third kappa shape index (κ3) is 4.16. The van der Waals surface area contributed by atoms with Gasteiger partial charge in [-0.25, -0.2) is 0 Å². The van der Waals surface area contributed by atoms with Gasteiger partial charge in [0.2, 0.25) is 0 Å². The second-order valence-corrected chi connectivity index (χ2v) is 7.64. The summed E-state index contributed by atoms with van der Waals surface area (Å²) in [7, 11) is 0. The van der Waals surface area contributed by atoms with Crippen LogP contribution in [0.25, 0.3) is 0 Å². The quantitative estimate of drug-likeness (QED) is 0.582. The Morgan fingerprint density at radius 3 is 2.00 bits per heavy atom. The predicted octanol–water partition coefficient (Wildman–Crippen LogP) is 6.93. The van der Waals surface area contributed by atoms with E-state index in [0.29, 0.717) is 11.8 Å². The molecule has 0 saturated carbocycles. The molecular formula is C22H30O. The van der Waals surface area contributed by atoms with E-state index in [1.165, 1.54) is 11.1 Å². The number of hydrogen-bond acceptors (Lipinski definition) is 1. The predicted molar refractivity (Wildman–Crippen MR) is 99.5 cm³/mol. The van der Waals surface area contributed by atoms with Gasteiger partial charge in [-0.05, 0) is 41.4 Å². The zero-order valence-electron chi connectivity index (χ0n) is 15.4. The van der Waals surface area contributed by atoms with Gasteiger partial charge in [0.1, 0.15) is 11.5 Å². The summed E-state index contributed by atoms with van der Waals surface area (Å²) < 4.78 is 6.40. The molecule has 0 radical (unpaired) electrons. The topological polar surface area (TPSA) is 9.23 Å². The molecule has 0 aliphatic heterocycles. The maximum Gasteiger partial charge on any atom is 0.131 e. The molecule has 1 nitrogen and oxygen atoms in total. The number of ether oxygens (including phenoxy) is 1. The maximum atomic E-state index is 6.40. The Morgan fingerprint density at radius 1 is 0.870 bits per heavy atom. The van der Waals surface area contributed by atoms with E-state index in [4.69, 9.17) is 4.74 Å². The van der Waals surface area contributed by atoms with Gasteiger partial charge >= 0.3 is 0 Å². The van der Waals surface area contributed by atoms with Gasteiger partial charge in [-0.1, -0.05) is 77.9 Å². The van der Waals surface area contributed by atoms with Crippen LogP contribution in [0.5, 0.6) is 11.5 Å². The summed E-state index contributed by atoms with van der Waals surface area (Å²) in [6, 6.07) is 16.9. The van der Waals surface area contributed by atoms with Crippen LogP contribution < -0.4 is 4.74 Å². The van der Waals surface area contributed by atoms with Crippen molar-refractivity contribution in [1.82, 2.24) is 0 Å². The molecule has 0 unspecified atom stereocenters. The Labute approximate surface area is 141 Å². The van der Waals surface area contributed by atoms with Crippen LogP contribution >= 0.6 is 0 Å². The maximum absolute atomic E-state index is 6.40. The first-order chi connectivity index (χ1) is 10.8. The molecule has 0 saturated heterocycles. The standard InChI is InChI=1S/C22H30O/c1-7-17(16(2)3)18-12-8-10-14-20(18)23-21-15-11-9-13-19(21)22(4,5)6/h8-17H,7H2,1-6H3/t17-/m0/s1. The lowest BCUT2D eigenvalue weighted by atomic mass is 9.85. The molecule has 0 heterocycles. The van der Waals surface area contributed by atoms with Gasteiger partial charge < -0.3 is 4.74 Å². The Balaban J connectivity index is 2.43. The van der Waals surface area contributed by atoms with Crippen LogP contribution in [0.2, 0.25) is 0 Å². The van der Waals surface area contributed by atoms with Gasteiger partial charge in [-0.3, -0.25) is 0 Å². The molecule has 0 fully saturated rings. The molecule has 2 rings (SSSR count). The number of benzene rings is 2. The first kappa shape index (κ1) is 17.6. The van der Waals surface area contributed by atoms with E-state index >= 15 is 0 Å². The van der Waals surface area contributed by atoms with Crippen LogP contribution in [0, 0.1) is 5.92 Å². The van der Waals surface area contributed by atoms with Crippen molar-refractivity contribution in [2.24, 2.45) is 5.92 Å². The lowest BCUT2D eigenvalue weighted by Gasteiger charge is -2.25. The average molecular weight is 310 g/mol. The fourth-order valence-electron chi connectivity index (χ4n) is 3.22. The molecule has 2 aromatic rings. The third-order valence-corrected chi connectivity index (χ3v) is 4.48. The molecule has 2 aromatic carbocycles. The second kappa shape index (κ2) is 7.21. The van der Waals surface area contributed by atoms with Crippen LogP contribution in [0.15, 0.2) is 48.5 Å². The van der Waals surface area contributed by atoms with Crippen LogP contribution in [-0.2, 0) is 5.41 Å². The zero-order valence-corrected chi connectivity index (χ0v) is 15.4. The molecule has 0 N–H and O–H groups in total. The molecule has 1 atom stereocenters. The van der Waals surface area contributed by atoms with Crippen molar-refractivity contribution < 1.29 is 4.74 Å². The minimum Gasteiger partial charge on any atom is -0.457 e. The van der Waals surface area contributed by atoms with Crippen molar-refractivity contribution >= 4 is 0 Å². The van der Waals surface area contributed by atoms with E-state index in [2.05, 4.69) is 84.0 Å². The van der Waals surface area contributed by atoms with Gasteiger partial charge in [0.15, 0.2) is 0 Å². The van der Waals surface area contributed by atoms with Gasteiger partial charge in [-0.15, -0.1) is 0 Å². The zero-order chi connectivity index (χ0) is 17.0. The Kier molecular flexibility index (Phi) is 5.51. The third-order valence-electron chi connectivity index (χ3n) is 4.48. The van der Waals surface area contributed by atoms with Gasteiger partial charge in [0.25, 0.3) is 0 Å². The summed E-state index contributed by atoms with van der Waals surface area (Å²) in [4.78, 5) is 0. The molecular weight excluding hydrogens is 280 g/mol. The van der Waals surface area contributed by atoms with E-state index < -0.39 is 0 Å². The summed E-state index contributed by atoms with van der Waals surface area (Å²) in [5.41, 5.74) is 2.62. The van der Waals surface area contributed by atoms with E-state index in [1.54, 1.807) is 0 Å². The fraction of sp³-hybridized carbons (Fsp3) is 0.455. The van der Waals surface area contributed by atoms with Crippen molar-refractivity contribution in [2.75, 3.05) is 0 Å². The highest BCUT2D eigenvalue weighted by atomic mass is 16.5. The molecule has 124 valence electrons. The van der Waals surface area contributed by atoms with Gasteiger partial charge in [0, 0.05) is 5.56 Å². The lowest BCUT2D eigenvalue weighted by Crippen LogP contribution is -2.13. The summed E-state index contributed by atoms with van der Waals surface area (Å²) in [5.74, 6) is 3.08. The summed E-state index contributed by atoms with van der Waals surface area (Å²) in [6.07, 6.45) is 1.12. The largest absolute Gasteiger partial charge is 0.457 e. The Bertz CT molecular complexity index is 634. The highest BCUT2D eigenvalue weighted by Gasteiger charge is 2.21. The number of hydrogen-bond donors (Lipinski definition) is 0. The van der Waals surface area contributed by atoms with E-state index in [0.717, 1.165) is 17.9 Å². The first-order valence-corrected chi connectivity index (χ1v) is 8.71. The first-order valence-electron chi connectivity index (χ1n) is 8.71. The van der Waals surface area contributed by atoms with Crippen molar-refractivity contribution in [3.63, 3.8) is 0 Å². The van der Waals surface area contributed by atoms with E-state index in [9.17, 15) is 0 Å². The number of para-hydroxylation sites is 2. The molecule has 0 aliphatic carbocycles. The SMILES string of the molecule is CC[C@H](c1ccccc1Oc1ccccc1C(C)(C)C)C(C)C. The molecule has 0 bridgehead atoms. The molecule has 0 aliphatic rings. The summed E-state index contributed by atoms with van der Waals surface area (Å²) in [5, 5.41) is 0. The molecule has 1 heteroatoms. The molecule has 0 aromatic heterocycles. The highest BCUT2D eigenvalue weighted by molar-refractivity contribution is 5.45. The van der Waals surface area contributed by atoms with Gasteiger partial charge in [0.05, 0.1) is 0 Å². The summed E-state index contributed by atoms with van der Waals surface area (Å²) in [6.45, 7) is 13.5. The highest BCUT2D eigenvalue weighted by Crippen LogP contribution is 2.39. The van der Waals surface area contributed by atoms with Crippen molar-refractivity contribution in [2.45, 2.75) is 59.3 Å². The van der Waals surface area contributed by atoms with Crippen LogP contribution in [0.3, 0.4) is 0 Å². The summed E-state index contributed by atoms with van der Waals surface area (Å²) >= 11 is 0.